The summed E-state index contributed by atoms with van der Waals surface area (Å²) in [5.41, 5.74) is -0.360. The van der Waals surface area contributed by atoms with Gasteiger partial charge in [-0.05, 0) is 52.7 Å². The first-order chi connectivity index (χ1) is 16.8. The molecule has 0 unspecified atom stereocenters. The van der Waals surface area contributed by atoms with E-state index < -0.39 is 37.1 Å². The smallest absolute Gasteiger partial charge is 0.461 e. The Morgan fingerprint density at radius 1 is 0.861 bits per heavy atom. The van der Waals surface area contributed by atoms with Crippen molar-refractivity contribution in [1.29, 1.82) is 0 Å². The summed E-state index contributed by atoms with van der Waals surface area (Å²) in [6.07, 6.45) is -0.740. The van der Waals surface area contributed by atoms with Crippen molar-refractivity contribution in [1.82, 2.24) is 5.32 Å². The number of nitrogens with one attached hydrogen (secondary N) is 1. The zero-order chi connectivity index (χ0) is 26.8. The molecule has 9 nitrogen and oxygen atoms in total. The monoisotopic (exact) mass is 521 g/mol. The molecular formula is C26H36NO8P. The van der Waals surface area contributed by atoms with Crippen LogP contribution in [0.1, 0.15) is 52.7 Å². The van der Waals surface area contributed by atoms with Crippen LogP contribution < -0.4 is 5.32 Å². The average molecular weight is 522 g/mol. The molecule has 2 aromatic carbocycles. The van der Waals surface area contributed by atoms with Gasteiger partial charge in [0.2, 0.25) is 0 Å². The van der Waals surface area contributed by atoms with Gasteiger partial charge in [-0.1, -0.05) is 60.7 Å². The predicted molar refractivity (Wildman–Crippen MR) is 135 cm³/mol. The highest BCUT2D eigenvalue weighted by Gasteiger charge is 2.37. The van der Waals surface area contributed by atoms with Crippen LogP contribution in [0.2, 0.25) is 0 Å². The van der Waals surface area contributed by atoms with E-state index in [0.29, 0.717) is 0 Å². The normalized spacial score (nSPS) is 13.1. The van der Waals surface area contributed by atoms with Crippen LogP contribution in [0.3, 0.4) is 0 Å². The van der Waals surface area contributed by atoms with Gasteiger partial charge in [0.25, 0.3) is 0 Å². The molecule has 1 amide bonds. The zero-order valence-corrected chi connectivity index (χ0v) is 22.6. The van der Waals surface area contributed by atoms with Crippen molar-refractivity contribution in [2.45, 2.75) is 72.0 Å². The maximum Gasteiger partial charge on any atom is 0.476 e. The first kappa shape index (κ1) is 29.5. The van der Waals surface area contributed by atoms with E-state index in [1.54, 1.807) is 34.6 Å². The number of benzene rings is 2. The van der Waals surface area contributed by atoms with E-state index in [0.717, 1.165) is 11.1 Å². The lowest BCUT2D eigenvalue weighted by Crippen LogP contribution is -2.43. The Bertz CT molecular complexity index is 974. The van der Waals surface area contributed by atoms with Crippen molar-refractivity contribution in [3.63, 3.8) is 0 Å². The Labute approximate surface area is 213 Å². The molecule has 0 aromatic heterocycles. The summed E-state index contributed by atoms with van der Waals surface area (Å²) in [7, 11) is -4.08. The minimum absolute atomic E-state index is 0.000379. The molecule has 0 saturated carbocycles. The standard InChI is InChI=1S/C26H36NO8P/c1-20(27-24(29)34-25(2,3)4)23(28)31-19-26(5,6)35-36(30,32-17-21-13-9-7-10-14-21)33-18-22-15-11-8-12-16-22/h7-16,20H,17-19H2,1-6H3,(H,27,29)/t20-/m0/s1. The lowest BCUT2D eigenvalue weighted by Gasteiger charge is -2.29. The van der Waals surface area contributed by atoms with E-state index >= 15 is 0 Å². The highest BCUT2D eigenvalue weighted by atomic mass is 31.2. The molecule has 0 aliphatic rings. The lowest BCUT2D eigenvalue weighted by molar-refractivity contribution is -0.151. The molecule has 2 rings (SSSR count). The second-order valence-electron chi connectivity index (χ2n) is 9.79. The molecule has 0 spiro atoms. The van der Waals surface area contributed by atoms with Gasteiger partial charge in [0.1, 0.15) is 23.9 Å². The second kappa shape index (κ2) is 13.0. The Balaban J connectivity index is 2.00. The first-order valence-corrected chi connectivity index (χ1v) is 13.1. The third-order valence-electron chi connectivity index (χ3n) is 4.47. The molecule has 36 heavy (non-hydrogen) atoms. The third-order valence-corrected chi connectivity index (χ3v) is 6.08. The Kier molecular flexibility index (Phi) is 10.7. The molecule has 1 N–H and O–H groups in total. The van der Waals surface area contributed by atoms with Gasteiger partial charge < -0.3 is 14.8 Å². The number of hydrogen-bond acceptors (Lipinski definition) is 8. The Hall–Kier alpha value is -2.71. The van der Waals surface area contributed by atoms with Gasteiger partial charge in [0.15, 0.2) is 0 Å². The predicted octanol–water partition coefficient (Wildman–Crippen LogP) is 5.78. The van der Waals surface area contributed by atoms with E-state index in [1.165, 1.54) is 6.92 Å². The molecule has 0 radical (unpaired) electrons. The fourth-order valence-corrected chi connectivity index (χ4v) is 4.24. The van der Waals surface area contributed by atoms with Gasteiger partial charge in [0, 0.05) is 0 Å². The van der Waals surface area contributed by atoms with Gasteiger partial charge in [0.05, 0.1) is 13.2 Å². The van der Waals surface area contributed by atoms with Gasteiger partial charge in [-0.25, -0.2) is 14.2 Å². The maximum atomic E-state index is 13.6. The van der Waals surface area contributed by atoms with Crippen molar-refractivity contribution < 1.29 is 37.2 Å². The highest BCUT2D eigenvalue weighted by Crippen LogP contribution is 2.54. The quantitative estimate of drug-likeness (QED) is 0.277. The van der Waals surface area contributed by atoms with Crippen LogP contribution in [0.25, 0.3) is 0 Å². The van der Waals surface area contributed by atoms with Crippen LogP contribution in [0.5, 0.6) is 0 Å². The van der Waals surface area contributed by atoms with Crippen molar-refractivity contribution in [2.24, 2.45) is 0 Å². The van der Waals surface area contributed by atoms with E-state index in [4.69, 9.17) is 23.0 Å². The van der Waals surface area contributed by atoms with Crippen molar-refractivity contribution in [3.05, 3.63) is 71.8 Å². The number of ether oxygens (including phenoxy) is 2. The van der Waals surface area contributed by atoms with Crippen molar-refractivity contribution in [3.8, 4) is 0 Å². The van der Waals surface area contributed by atoms with Gasteiger partial charge in [-0.2, -0.15) is 0 Å². The fourth-order valence-electron chi connectivity index (χ4n) is 2.79. The largest absolute Gasteiger partial charge is 0.476 e. The topological polar surface area (TPSA) is 109 Å². The summed E-state index contributed by atoms with van der Waals surface area (Å²) in [6, 6.07) is 17.4. The van der Waals surface area contributed by atoms with E-state index in [2.05, 4.69) is 5.32 Å². The molecule has 2 aromatic rings. The van der Waals surface area contributed by atoms with Crippen molar-refractivity contribution in [2.75, 3.05) is 6.61 Å². The number of phosphoric acid groups is 1. The van der Waals surface area contributed by atoms with E-state index in [1.807, 2.05) is 60.7 Å². The number of carbonyl (C=O) groups is 2. The zero-order valence-electron chi connectivity index (χ0n) is 21.7. The van der Waals surface area contributed by atoms with E-state index in [9.17, 15) is 14.2 Å². The SMILES string of the molecule is C[C@H](NC(=O)OC(C)(C)C)C(=O)OCC(C)(C)OP(=O)(OCc1ccccc1)OCc1ccccc1. The molecule has 1 atom stereocenters. The van der Waals surface area contributed by atoms with Gasteiger partial charge in [-0.3, -0.25) is 13.6 Å². The summed E-state index contributed by atoms with van der Waals surface area (Å²) in [6.45, 7) is 9.54. The third kappa shape index (κ3) is 11.4. The Morgan fingerprint density at radius 2 is 1.33 bits per heavy atom. The average Bonchev–Trinajstić information content (AvgIpc) is 2.80. The molecule has 198 valence electrons. The van der Waals surface area contributed by atoms with Gasteiger partial charge in [-0.15, -0.1) is 0 Å². The maximum absolute atomic E-state index is 13.6. The number of amides is 1. The second-order valence-corrected chi connectivity index (χ2v) is 11.4. The number of hydrogen-bond donors (Lipinski definition) is 1. The van der Waals surface area contributed by atoms with Crippen LogP contribution in [0.4, 0.5) is 4.79 Å². The minimum Gasteiger partial charge on any atom is -0.461 e. The molecule has 0 heterocycles. The summed E-state index contributed by atoms with van der Waals surface area (Å²) in [5.74, 6) is -0.706. The number of carbonyl (C=O) groups excluding carboxylic acids is 2. The molecule has 0 saturated heterocycles. The number of phosphoric ester groups is 1. The molecule has 0 aliphatic carbocycles. The highest BCUT2D eigenvalue weighted by molar-refractivity contribution is 7.48. The van der Waals surface area contributed by atoms with Crippen LogP contribution >= 0.6 is 7.82 Å². The molecule has 0 aliphatic heterocycles. The number of alkyl carbamates (subject to hydrolysis) is 1. The fraction of sp³-hybridized carbons (Fsp3) is 0.462. The number of rotatable bonds is 12. The van der Waals surface area contributed by atoms with Crippen molar-refractivity contribution >= 4 is 19.9 Å². The summed E-state index contributed by atoms with van der Waals surface area (Å²) in [4.78, 5) is 24.3. The van der Waals surface area contributed by atoms with Crippen LogP contribution in [0.15, 0.2) is 60.7 Å². The van der Waals surface area contributed by atoms with Crippen LogP contribution in [0, 0.1) is 0 Å². The first-order valence-electron chi connectivity index (χ1n) is 11.6. The minimum atomic E-state index is -4.08. The van der Waals surface area contributed by atoms with Crippen LogP contribution in [-0.4, -0.2) is 35.9 Å². The number of esters is 1. The molecular weight excluding hydrogens is 485 g/mol. The van der Waals surface area contributed by atoms with E-state index in [-0.39, 0.29) is 19.8 Å². The Morgan fingerprint density at radius 3 is 1.78 bits per heavy atom. The molecule has 0 fully saturated rings. The summed E-state index contributed by atoms with van der Waals surface area (Å²) < 4.78 is 41.0. The summed E-state index contributed by atoms with van der Waals surface area (Å²) in [5, 5.41) is 2.42. The van der Waals surface area contributed by atoms with Gasteiger partial charge >= 0.3 is 19.9 Å². The lowest BCUT2D eigenvalue weighted by atomic mass is 10.2. The molecule has 0 bridgehead atoms. The summed E-state index contributed by atoms with van der Waals surface area (Å²) >= 11 is 0. The van der Waals surface area contributed by atoms with Crippen LogP contribution in [-0.2, 0) is 45.6 Å². The molecule has 10 heteroatoms.